The lowest BCUT2D eigenvalue weighted by Gasteiger charge is -2.36. The molecule has 0 atom stereocenters. The fourth-order valence-electron chi connectivity index (χ4n) is 4.36. The molecule has 3 rings (SSSR count). The molecule has 0 radical (unpaired) electrons. The van der Waals surface area contributed by atoms with Crippen molar-refractivity contribution in [2.45, 2.75) is 79.2 Å². The van der Waals surface area contributed by atoms with Crippen LogP contribution in [0.25, 0.3) is 0 Å². The molecule has 1 aromatic rings. The van der Waals surface area contributed by atoms with Crippen LogP contribution in [0.3, 0.4) is 0 Å². The topological polar surface area (TPSA) is 29.0 Å². The van der Waals surface area contributed by atoms with Crippen LogP contribution < -0.4 is 0 Å². The van der Waals surface area contributed by atoms with Gasteiger partial charge in [-0.25, -0.2) is 9.97 Å². The molecule has 3 nitrogen and oxygen atoms in total. The van der Waals surface area contributed by atoms with Crippen molar-refractivity contribution in [3.8, 4) is 0 Å². The van der Waals surface area contributed by atoms with E-state index in [1.54, 1.807) is 11.1 Å². The molecule has 0 N–H and O–H groups in total. The van der Waals surface area contributed by atoms with Gasteiger partial charge in [-0.15, -0.1) is 0 Å². The van der Waals surface area contributed by atoms with Crippen LogP contribution in [0.4, 0.5) is 0 Å². The van der Waals surface area contributed by atoms with E-state index in [-0.39, 0.29) is 0 Å². The Morgan fingerprint density at radius 1 is 1.25 bits per heavy atom. The SMILES string of the molecule is CC1=C(CCN2CCc3nc(C(C)C)ncc3C2)C(C)(C)CCC1. The third-order valence-electron chi connectivity index (χ3n) is 5.91. The molecule has 0 amide bonds. The maximum absolute atomic E-state index is 4.79. The molecule has 1 aromatic heterocycles. The van der Waals surface area contributed by atoms with Gasteiger partial charge in [-0.3, -0.25) is 4.90 Å². The van der Waals surface area contributed by atoms with Crippen LogP contribution in [0.2, 0.25) is 0 Å². The van der Waals surface area contributed by atoms with Crippen molar-refractivity contribution < 1.29 is 0 Å². The predicted molar refractivity (Wildman–Crippen MR) is 100 cm³/mol. The summed E-state index contributed by atoms with van der Waals surface area (Å²) in [7, 11) is 0. The smallest absolute Gasteiger partial charge is 0.131 e. The lowest BCUT2D eigenvalue weighted by molar-refractivity contribution is 0.242. The number of aromatic nitrogens is 2. The highest BCUT2D eigenvalue weighted by Crippen LogP contribution is 2.41. The minimum absolute atomic E-state index is 0.394. The summed E-state index contributed by atoms with van der Waals surface area (Å²) in [6.07, 6.45) is 8.35. The van der Waals surface area contributed by atoms with Crippen LogP contribution >= 0.6 is 0 Å². The van der Waals surface area contributed by atoms with Gasteiger partial charge in [0.1, 0.15) is 5.82 Å². The monoisotopic (exact) mass is 327 g/mol. The average Bonchev–Trinajstić information content (AvgIpc) is 2.53. The van der Waals surface area contributed by atoms with E-state index in [2.05, 4.69) is 50.7 Å². The Morgan fingerprint density at radius 2 is 2.04 bits per heavy atom. The normalized spacial score (nSPS) is 21.2. The molecule has 132 valence electrons. The fourth-order valence-corrected chi connectivity index (χ4v) is 4.36. The van der Waals surface area contributed by atoms with Crippen LogP contribution in [0.1, 0.15) is 83.3 Å². The van der Waals surface area contributed by atoms with Crippen LogP contribution in [0, 0.1) is 5.41 Å². The van der Waals surface area contributed by atoms with Gasteiger partial charge in [0.15, 0.2) is 0 Å². The second-order valence-corrected chi connectivity index (χ2v) is 8.63. The summed E-state index contributed by atoms with van der Waals surface area (Å²) in [6, 6.07) is 0. The summed E-state index contributed by atoms with van der Waals surface area (Å²) in [5.41, 5.74) is 6.36. The van der Waals surface area contributed by atoms with E-state index in [1.807, 2.05) is 0 Å². The Balaban J connectivity index is 1.64. The largest absolute Gasteiger partial charge is 0.298 e. The summed E-state index contributed by atoms with van der Waals surface area (Å²) >= 11 is 0. The number of allylic oxidation sites excluding steroid dienone is 1. The summed E-state index contributed by atoms with van der Waals surface area (Å²) in [5, 5.41) is 0. The van der Waals surface area contributed by atoms with Gasteiger partial charge in [0.2, 0.25) is 0 Å². The third kappa shape index (κ3) is 3.72. The first-order valence-corrected chi connectivity index (χ1v) is 9.63. The number of rotatable bonds is 4. The van der Waals surface area contributed by atoms with Crippen molar-refractivity contribution in [3.63, 3.8) is 0 Å². The molecule has 0 saturated heterocycles. The van der Waals surface area contributed by atoms with Gasteiger partial charge in [-0.2, -0.15) is 0 Å². The average molecular weight is 328 g/mol. The fraction of sp³-hybridized carbons (Fsp3) is 0.714. The minimum atomic E-state index is 0.394. The van der Waals surface area contributed by atoms with Gasteiger partial charge in [0.05, 0.1) is 0 Å². The molecule has 1 aliphatic carbocycles. The predicted octanol–water partition coefficient (Wildman–Crippen LogP) is 4.87. The number of fused-ring (bicyclic) bond motifs is 1. The molecule has 24 heavy (non-hydrogen) atoms. The van der Waals surface area contributed by atoms with Crippen LogP contribution in [0.15, 0.2) is 17.3 Å². The van der Waals surface area contributed by atoms with Gasteiger partial charge in [-0.1, -0.05) is 38.8 Å². The molecule has 0 unspecified atom stereocenters. The van der Waals surface area contributed by atoms with Crippen LogP contribution in [-0.2, 0) is 13.0 Å². The molecule has 0 saturated carbocycles. The van der Waals surface area contributed by atoms with Crippen LogP contribution in [-0.4, -0.2) is 28.0 Å². The van der Waals surface area contributed by atoms with Gasteiger partial charge >= 0.3 is 0 Å². The number of nitrogens with zero attached hydrogens (tertiary/aromatic N) is 3. The van der Waals surface area contributed by atoms with E-state index in [9.17, 15) is 0 Å². The Bertz CT molecular complexity index is 628. The van der Waals surface area contributed by atoms with Gasteiger partial charge in [0, 0.05) is 49.4 Å². The number of hydrogen-bond donors (Lipinski definition) is 0. The van der Waals surface area contributed by atoms with Crippen molar-refractivity contribution in [2.24, 2.45) is 5.41 Å². The Labute approximate surface area is 147 Å². The first-order chi connectivity index (χ1) is 11.4. The van der Waals surface area contributed by atoms with E-state index in [1.165, 1.54) is 43.5 Å². The lowest BCUT2D eigenvalue weighted by Crippen LogP contribution is -2.33. The zero-order chi connectivity index (χ0) is 17.3. The number of hydrogen-bond acceptors (Lipinski definition) is 3. The highest BCUT2D eigenvalue weighted by molar-refractivity contribution is 5.24. The Morgan fingerprint density at radius 3 is 2.75 bits per heavy atom. The minimum Gasteiger partial charge on any atom is -0.298 e. The molecule has 0 aromatic carbocycles. The molecular formula is C21H33N3. The van der Waals surface area contributed by atoms with E-state index >= 15 is 0 Å². The van der Waals surface area contributed by atoms with Gasteiger partial charge in [0.25, 0.3) is 0 Å². The van der Waals surface area contributed by atoms with Crippen molar-refractivity contribution in [1.29, 1.82) is 0 Å². The van der Waals surface area contributed by atoms with Crippen molar-refractivity contribution in [1.82, 2.24) is 14.9 Å². The maximum atomic E-state index is 4.79. The highest BCUT2D eigenvalue weighted by Gasteiger charge is 2.28. The lowest BCUT2D eigenvalue weighted by atomic mass is 9.71. The molecular weight excluding hydrogens is 294 g/mol. The van der Waals surface area contributed by atoms with Crippen LogP contribution in [0.5, 0.6) is 0 Å². The van der Waals surface area contributed by atoms with Crippen molar-refractivity contribution in [2.75, 3.05) is 13.1 Å². The molecule has 2 heterocycles. The molecule has 1 aliphatic heterocycles. The summed E-state index contributed by atoms with van der Waals surface area (Å²) in [6.45, 7) is 14.9. The summed E-state index contributed by atoms with van der Waals surface area (Å²) < 4.78 is 0. The van der Waals surface area contributed by atoms with Gasteiger partial charge < -0.3 is 0 Å². The van der Waals surface area contributed by atoms with Crippen molar-refractivity contribution >= 4 is 0 Å². The molecule has 0 spiro atoms. The van der Waals surface area contributed by atoms with Crippen molar-refractivity contribution in [3.05, 3.63) is 34.4 Å². The zero-order valence-electron chi connectivity index (χ0n) is 16.2. The zero-order valence-corrected chi connectivity index (χ0v) is 16.2. The molecule has 3 heteroatoms. The first kappa shape index (κ1) is 17.6. The first-order valence-electron chi connectivity index (χ1n) is 9.63. The maximum Gasteiger partial charge on any atom is 0.131 e. The standard InChI is InChI=1S/C21H33N3/c1-15(2)20-22-13-17-14-24(12-9-19(17)23-20)11-8-18-16(3)7-6-10-21(18,4)5/h13,15H,6-12,14H2,1-5H3. The van der Waals surface area contributed by atoms with E-state index in [0.717, 1.165) is 25.3 Å². The molecule has 0 fully saturated rings. The van der Waals surface area contributed by atoms with Gasteiger partial charge in [-0.05, 0) is 38.0 Å². The summed E-state index contributed by atoms with van der Waals surface area (Å²) in [4.78, 5) is 11.9. The van der Waals surface area contributed by atoms with E-state index in [0.29, 0.717) is 11.3 Å². The molecule has 2 aliphatic rings. The highest BCUT2D eigenvalue weighted by atomic mass is 15.1. The Hall–Kier alpha value is -1.22. The third-order valence-corrected chi connectivity index (χ3v) is 5.91. The summed E-state index contributed by atoms with van der Waals surface area (Å²) in [5.74, 6) is 1.41. The van der Waals surface area contributed by atoms with E-state index < -0.39 is 0 Å². The Kier molecular flexibility index (Phi) is 5.10. The second kappa shape index (κ2) is 6.95. The van der Waals surface area contributed by atoms with E-state index in [4.69, 9.17) is 4.98 Å². The quantitative estimate of drug-likeness (QED) is 0.738. The molecule has 0 bridgehead atoms. The second-order valence-electron chi connectivity index (χ2n) is 8.63.